The van der Waals surface area contributed by atoms with Crippen molar-refractivity contribution in [2.45, 2.75) is 38.1 Å². The summed E-state index contributed by atoms with van der Waals surface area (Å²) in [5.74, 6) is 1.84. The highest BCUT2D eigenvalue weighted by atomic mass is 79.9. The molecule has 1 N–H and O–H groups in total. The van der Waals surface area contributed by atoms with E-state index in [4.69, 9.17) is 9.47 Å². The number of hydrogen-bond donors (Lipinski definition) is 1. The molecule has 2 aliphatic heterocycles. The van der Waals surface area contributed by atoms with Crippen LogP contribution in [0.5, 0.6) is 11.5 Å². The summed E-state index contributed by atoms with van der Waals surface area (Å²) in [6, 6.07) is 4.64. The van der Waals surface area contributed by atoms with E-state index in [1.54, 1.807) is 0 Å². The fourth-order valence-electron chi connectivity index (χ4n) is 2.80. The molecule has 0 radical (unpaired) electrons. The van der Waals surface area contributed by atoms with Crippen molar-refractivity contribution >= 4 is 15.9 Å². The highest BCUT2D eigenvalue weighted by Crippen LogP contribution is 2.38. The molecule has 4 heteroatoms. The molecule has 1 atom stereocenters. The predicted molar refractivity (Wildman–Crippen MR) is 79.1 cm³/mol. The van der Waals surface area contributed by atoms with Crippen LogP contribution in [0.15, 0.2) is 16.6 Å². The lowest BCUT2D eigenvalue weighted by atomic mass is 9.97. The summed E-state index contributed by atoms with van der Waals surface area (Å²) >= 11 is 3.66. The molecule has 1 unspecified atom stereocenters. The van der Waals surface area contributed by atoms with E-state index >= 15 is 0 Å². The molecule has 1 fully saturated rings. The van der Waals surface area contributed by atoms with Crippen LogP contribution in [0.2, 0.25) is 0 Å². The fraction of sp³-hybridized carbons (Fsp3) is 0.600. The Morgan fingerprint density at radius 1 is 1.16 bits per heavy atom. The SMILES string of the molecule is Brc1ccc2c(c1CC1CCCCN1)OCCCO2. The highest BCUT2D eigenvalue weighted by molar-refractivity contribution is 9.10. The number of hydrogen-bond acceptors (Lipinski definition) is 3. The lowest BCUT2D eigenvalue weighted by Gasteiger charge is -2.25. The Balaban J connectivity index is 1.86. The van der Waals surface area contributed by atoms with Crippen molar-refractivity contribution in [3.8, 4) is 11.5 Å². The molecule has 1 saturated heterocycles. The summed E-state index contributed by atoms with van der Waals surface area (Å²) in [4.78, 5) is 0. The molecule has 104 valence electrons. The summed E-state index contributed by atoms with van der Waals surface area (Å²) < 4.78 is 12.8. The van der Waals surface area contributed by atoms with Gasteiger partial charge in [0, 0.05) is 22.5 Å². The first kappa shape index (κ1) is 13.3. The molecular formula is C15H20BrNO2. The quantitative estimate of drug-likeness (QED) is 0.905. The summed E-state index contributed by atoms with van der Waals surface area (Å²) in [5, 5.41) is 3.60. The van der Waals surface area contributed by atoms with Crippen LogP contribution in [0.1, 0.15) is 31.2 Å². The van der Waals surface area contributed by atoms with Crippen molar-refractivity contribution in [2.24, 2.45) is 0 Å². The molecule has 0 spiro atoms. The zero-order chi connectivity index (χ0) is 13.1. The molecule has 2 aliphatic rings. The number of benzene rings is 1. The minimum atomic E-state index is 0.559. The van der Waals surface area contributed by atoms with E-state index in [0.29, 0.717) is 6.04 Å². The maximum absolute atomic E-state index is 5.92. The molecule has 0 amide bonds. The van der Waals surface area contributed by atoms with Gasteiger partial charge in [0.2, 0.25) is 0 Å². The molecular weight excluding hydrogens is 306 g/mol. The largest absolute Gasteiger partial charge is 0.490 e. The van der Waals surface area contributed by atoms with Crippen LogP contribution in [-0.4, -0.2) is 25.8 Å². The van der Waals surface area contributed by atoms with Crippen LogP contribution in [0, 0.1) is 0 Å². The standard InChI is InChI=1S/C15H20BrNO2/c16-13-5-6-14-15(19-9-3-8-18-14)12(13)10-11-4-1-2-7-17-11/h5-6,11,17H,1-4,7-10H2. The first-order valence-corrected chi connectivity index (χ1v) is 7.94. The second-order valence-corrected chi connectivity index (χ2v) is 6.11. The molecule has 0 aliphatic carbocycles. The number of nitrogens with one attached hydrogen (secondary N) is 1. The third-order valence-electron chi connectivity index (χ3n) is 3.82. The van der Waals surface area contributed by atoms with Crippen molar-refractivity contribution in [1.29, 1.82) is 0 Å². The molecule has 2 heterocycles. The van der Waals surface area contributed by atoms with Gasteiger partial charge in [-0.3, -0.25) is 0 Å². The Morgan fingerprint density at radius 3 is 2.89 bits per heavy atom. The van der Waals surface area contributed by atoms with Gasteiger partial charge in [-0.1, -0.05) is 22.4 Å². The fourth-order valence-corrected chi connectivity index (χ4v) is 3.28. The van der Waals surface area contributed by atoms with E-state index in [2.05, 4.69) is 27.3 Å². The summed E-state index contributed by atoms with van der Waals surface area (Å²) in [7, 11) is 0. The molecule has 0 saturated carbocycles. The number of fused-ring (bicyclic) bond motifs is 1. The normalized spacial score (nSPS) is 22.9. The minimum absolute atomic E-state index is 0.559. The molecule has 3 nitrogen and oxygen atoms in total. The van der Waals surface area contributed by atoms with E-state index in [-0.39, 0.29) is 0 Å². The Bertz CT molecular complexity index is 444. The number of halogens is 1. The predicted octanol–water partition coefficient (Wildman–Crippen LogP) is 3.30. The molecule has 1 aromatic rings. The minimum Gasteiger partial charge on any atom is -0.490 e. The van der Waals surface area contributed by atoms with Crippen LogP contribution in [0.3, 0.4) is 0 Å². The Kier molecular flexibility index (Phi) is 4.28. The van der Waals surface area contributed by atoms with Gasteiger partial charge in [-0.25, -0.2) is 0 Å². The van der Waals surface area contributed by atoms with Crippen molar-refractivity contribution < 1.29 is 9.47 Å². The average molecular weight is 326 g/mol. The molecule has 19 heavy (non-hydrogen) atoms. The number of piperidine rings is 1. The monoisotopic (exact) mass is 325 g/mol. The summed E-state index contributed by atoms with van der Waals surface area (Å²) in [6.07, 6.45) is 5.82. The van der Waals surface area contributed by atoms with E-state index in [9.17, 15) is 0 Å². The summed E-state index contributed by atoms with van der Waals surface area (Å²) in [5.41, 5.74) is 1.25. The van der Waals surface area contributed by atoms with E-state index < -0.39 is 0 Å². The van der Waals surface area contributed by atoms with Gasteiger partial charge in [0.25, 0.3) is 0 Å². The van der Waals surface area contributed by atoms with Gasteiger partial charge < -0.3 is 14.8 Å². The lowest BCUT2D eigenvalue weighted by Crippen LogP contribution is -2.35. The van der Waals surface area contributed by atoms with E-state index in [0.717, 1.165) is 48.6 Å². The zero-order valence-electron chi connectivity index (χ0n) is 11.1. The first-order chi connectivity index (χ1) is 9.34. The smallest absolute Gasteiger partial charge is 0.165 e. The van der Waals surface area contributed by atoms with Crippen molar-refractivity contribution in [3.05, 3.63) is 22.2 Å². The number of ether oxygens (including phenoxy) is 2. The average Bonchev–Trinajstić information content (AvgIpc) is 2.69. The second kappa shape index (κ2) is 6.14. The zero-order valence-corrected chi connectivity index (χ0v) is 12.7. The van der Waals surface area contributed by atoms with Crippen LogP contribution in [0.4, 0.5) is 0 Å². The lowest BCUT2D eigenvalue weighted by molar-refractivity contribution is 0.295. The van der Waals surface area contributed by atoms with Gasteiger partial charge in [0.15, 0.2) is 11.5 Å². The van der Waals surface area contributed by atoms with Crippen molar-refractivity contribution in [3.63, 3.8) is 0 Å². The summed E-state index contributed by atoms with van der Waals surface area (Å²) in [6.45, 7) is 2.62. The Hall–Kier alpha value is -0.740. The second-order valence-electron chi connectivity index (χ2n) is 5.25. The van der Waals surface area contributed by atoms with Gasteiger partial charge in [0.05, 0.1) is 13.2 Å². The van der Waals surface area contributed by atoms with E-state index in [1.807, 2.05) is 6.07 Å². The maximum atomic E-state index is 5.92. The van der Waals surface area contributed by atoms with Crippen LogP contribution < -0.4 is 14.8 Å². The van der Waals surface area contributed by atoms with Crippen LogP contribution >= 0.6 is 15.9 Å². The molecule has 1 aromatic carbocycles. The third-order valence-corrected chi connectivity index (χ3v) is 4.57. The molecule has 0 aromatic heterocycles. The van der Waals surface area contributed by atoms with E-state index in [1.165, 1.54) is 24.8 Å². The molecule has 0 bridgehead atoms. The molecule has 3 rings (SSSR count). The topological polar surface area (TPSA) is 30.5 Å². The van der Waals surface area contributed by atoms with Gasteiger partial charge in [0.1, 0.15) is 0 Å². The Labute approximate surface area is 122 Å². The number of rotatable bonds is 2. The highest BCUT2D eigenvalue weighted by Gasteiger charge is 2.21. The first-order valence-electron chi connectivity index (χ1n) is 7.15. The van der Waals surface area contributed by atoms with Gasteiger partial charge >= 0.3 is 0 Å². The van der Waals surface area contributed by atoms with Gasteiger partial charge in [-0.05, 0) is 37.9 Å². The van der Waals surface area contributed by atoms with Crippen LogP contribution in [-0.2, 0) is 6.42 Å². The van der Waals surface area contributed by atoms with Crippen molar-refractivity contribution in [2.75, 3.05) is 19.8 Å². The van der Waals surface area contributed by atoms with Crippen molar-refractivity contribution in [1.82, 2.24) is 5.32 Å². The Morgan fingerprint density at radius 2 is 2.05 bits per heavy atom. The third kappa shape index (κ3) is 3.06. The van der Waals surface area contributed by atoms with Crippen LogP contribution in [0.25, 0.3) is 0 Å². The van der Waals surface area contributed by atoms with Gasteiger partial charge in [-0.15, -0.1) is 0 Å². The maximum Gasteiger partial charge on any atom is 0.165 e. The van der Waals surface area contributed by atoms with Gasteiger partial charge in [-0.2, -0.15) is 0 Å².